The van der Waals surface area contributed by atoms with Crippen LogP contribution in [0.25, 0.3) is 16.6 Å². The lowest BCUT2D eigenvalue weighted by Crippen LogP contribution is -2.29. The number of para-hydroxylation sites is 1. The number of benzene rings is 2. The van der Waals surface area contributed by atoms with Gasteiger partial charge in [-0.05, 0) is 36.2 Å². The molecule has 2 atom stereocenters. The molecule has 2 aromatic heterocycles. The van der Waals surface area contributed by atoms with Crippen molar-refractivity contribution in [1.29, 1.82) is 0 Å². The van der Waals surface area contributed by atoms with Crippen molar-refractivity contribution in [3.8, 4) is 5.69 Å². The molecule has 1 amide bonds. The summed E-state index contributed by atoms with van der Waals surface area (Å²) in [7, 11) is 1.62. The van der Waals surface area contributed by atoms with E-state index in [-0.39, 0.29) is 17.7 Å². The molecule has 3 N–H and O–H groups in total. The first kappa shape index (κ1) is 25.5. The van der Waals surface area contributed by atoms with Gasteiger partial charge in [0.1, 0.15) is 11.4 Å². The number of methoxy groups -OCH3 is 1. The number of ether oxygens (including phenoxy) is 1. The first-order valence-corrected chi connectivity index (χ1v) is 12.1. The molecule has 5 rings (SSSR count). The third-order valence-electron chi connectivity index (χ3n) is 6.72. The number of fused-ring (bicyclic) bond motifs is 1. The van der Waals surface area contributed by atoms with Crippen LogP contribution in [0.4, 0.5) is 20.2 Å². The Labute approximate surface area is 216 Å². The zero-order chi connectivity index (χ0) is 27.0. The number of hydrogen-bond donors (Lipinski definition) is 2. The molecule has 1 aliphatic rings. The fourth-order valence-corrected chi connectivity index (χ4v) is 4.68. The van der Waals surface area contributed by atoms with Gasteiger partial charge in [0.05, 0.1) is 36.2 Å². The van der Waals surface area contributed by atoms with E-state index < -0.39 is 28.8 Å². The lowest BCUT2D eigenvalue weighted by Gasteiger charge is -2.23. The summed E-state index contributed by atoms with van der Waals surface area (Å²) in [6.45, 7) is 4.38. The van der Waals surface area contributed by atoms with Crippen molar-refractivity contribution >= 4 is 28.2 Å². The largest absolute Gasteiger partial charge is 0.383 e. The molecule has 0 bridgehead atoms. The minimum Gasteiger partial charge on any atom is -0.383 e. The molecule has 2 aromatic carbocycles. The number of aromatic nitrogens is 4. The maximum atomic E-state index is 14.3. The smallest absolute Gasteiger partial charge is 0.276 e. The zero-order valence-electron chi connectivity index (χ0n) is 20.9. The molecule has 0 radical (unpaired) electrons. The van der Waals surface area contributed by atoms with E-state index in [0.717, 1.165) is 34.8 Å². The summed E-state index contributed by atoms with van der Waals surface area (Å²) in [6.07, 6.45) is 1.74. The van der Waals surface area contributed by atoms with Gasteiger partial charge < -0.3 is 20.7 Å². The molecule has 1 aliphatic heterocycles. The third kappa shape index (κ3) is 4.63. The fraction of sp³-hybridized carbons (Fsp3) is 0.308. The molecule has 198 valence electrons. The van der Waals surface area contributed by atoms with Gasteiger partial charge in [-0.15, -0.1) is 0 Å². The van der Waals surface area contributed by atoms with Gasteiger partial charge in [0.25, 0.3) is 11.5 Å². The van der Waals surface area contributed by atoms with Crippen molar-refractivity contribution in [2.75, 3.05) is 37.0 Å². The van der Waals surface area contributed by atoms with Crippen LogP contribution >= 0.6 is 0 Å². The second-order valence-electron chi connectivity index (χ2n) is 9.29. The van der Waals surface area contributed by atoms with Crippen molar-refractivity contribution in [2.24, 2.45) is 11.7 Å². The number of nitrogens with one attached hydrogen (secondary N) is 1. The number of nitrogens with two attached hydrogens (primary N) is 1. The van der Waals surface area contributed by atoms with Gasteiger partial charge in [-0.25, -0.2) is 8.78 Å². The SMILES string of the molecule is COCCn1ncc2c(N3C[C@@H](C)[C@@H](N)C3)c(NC(=O)c3ccc(=O)n(-c4c(F)cccc4F)n3)ccc21. The molecular weight excluding hydrogens is 496 g/mol. The highest BCUT2D eigenvalue weighted by atomic mass is 19.1. The van der Waals surface area contributed by atoms with Crippen LogP contribution in [-0.4, -0.2) is 58.3 Å². The topological polar surface area (TPSA) is 120 Å². The van der Waals surface area contributed by atoms with Crippen molar-refractivity contribution < 1.29 is 18.3 Å². The molecule has 38 heavy (non-hydrogen) atoms. The molecular formula is C26H27F2N7O3. The average Bonchev–Trinajstić information content (AvgIpc) is 3.45. The van der Waals surface area contributed by atoms with E-state index in [9.17, 15) is 18.4 Å². The minimum absolute atomic E-state index is 0.0433. The Morgan fingerprint density at radius 3 is 2.58 bits per heavy atom. The maximum Gasteiger partial charge on any atom is 0.276 e. The van der Waals surface area contributed by atoms with Crippen LogP contribution < -0.4 is 21.5 Å². The Hall–Kier alpha value is -4.16. The molecule has 4 aromatic rings. The minimum atomic E-state index is -0.977. The molecule has 0 saturated carbocycles. The molecule has 0 unspecified atom stereocenters. The Morgan fingerprint density at radius 2 is 1.89 bits per heavy atom. The summed E-state index contributed by atoms with van der Waals surface area (Å²) >= 11 is 0. The summed E-state index contributed by atoms with van der Waals surface area (Å²) in [5.41, 5.74) is 6.79. The molecule has 0 aliphatic carbocycles. The van der Waals surface area contributed by atoms with E-state index in [2.05, 4.69) is 27.3 Å². The van der Waals surface area contributed by atoms with E-state index >= 15 is 0 Å². The zero-order valence-corrected chi connectivity index (χ0v) is 20.9. The van der Waals surface area contributed by atoms with E-state index in [1.54, 1.807) is 19.4 Å². The third-order valence-corrected chi connectivity index (χ3v) is 6.72. The van der Waals surface area contributed by atoms with E-state index in [1.807, 2.05) is 10.7 Å². The number of anilines is 2. The van der Waals surface area contributed by atoms with Gasteiger partial charge in [0.15, 0.2) is 11.6 Å². The molecule has 1 fully saturated rings. The van der Waals surface area contributed by atoms with Crippen LogP contribution in [0.2, 0.25) is 0 Å². The van der Waals surface area contributed by atoms with Gasteiger partial charge in [-0.1, -0.05) is 13.0 Å². The number of carbonyl (C=O) groups is 1. The Balaban J connectivity index is 1.54. The number of rotatable bonds is 7. The Kier molecular flexibility index (Phi) is 6.91. The summed E-state index contributed by atoms with van der Waals surface area (Å²) in [5.74, 6) is -2.37. The van der Waals surface area contributed by atoms with E-state index in [0.29, 0.717) is 36.6 Å². The number of halogens is 2. The maximum absolute atomic E-state index is 14.3. The fourth-order valence-electron chi connectivity index (χ4n) is 4.68. The first-order chi connectivity index (χ1) is 18.3. The highest BCUT2D eigenvalue weighted by Crippen LogP contribution is 2.37. The number of carbonyl (C=O) groups excluding carboxylic acids is 1. The van der Waals surface area contributed by atoms with Crippen molar-refractivity contribution in [2.45, 2.75) is 19.5 Å². The van der Waals surface area contributed by atoms with Crippen LogP contribution in [0.3, 0.4) is 0 Å². The molecule has 0 spiro atoms. The van der Waals surface area contributed by atoms with Crippen LogP contribution in [0, 0.1) is 17.6 Å². The second-order valence-corrected chi connectivity index (χ2v) is 9.29. The van der Waals surface area contributed by atoms with Gasteiger partial charge in [0.2, 0.25) is 0 Å². The van der Waals surface area contributed by atoms with Crippen LogP contribution in [0.15, 0.2) is 53.5 Å². The van der Waals surface area contributed by atoms with Gasteiger partial charge >= 0.3 is 0 Å². The van der Waals surface area contributed by atoms with Gasteiger partial charge in [0, 0.05) is 37.7 Å². The normalized spacial score (nSPS) is 17.3. The van der Waals surface area contributed by atoms with E-state index in [4.69, 9.17) is 10.5 Å². The lowest BCUT2D eigenvalue weighted by atomic mass is 10.1. The van der Waals surface area contributed by atoms with Crippen LogP contribution in [0.1, 0.15) is 17.4 Å². The monoisotopic (exact) mass is 523 g/mol. The van der Waals surface area contributed by atoms with Crippen molar-refractivity contribution in [3.63, 3.8) is 0 Å². The van der Waals surface area contributed by atoms with Crippen molar-refractivity contribution in [1.82, 2.24) is 19.6 Å². The number of amides is 1. The summed E-state index contributed by atoms with van der Waals surface area (Å²) < 4.78 is 36.2. The predicted octanol–water partition coefficient (Wildman–Crippen LogP) is 2.54. The Bertz CT molecular complexity index is 1540. The summed E-state index contributed by atoms with van der Waals surface area (Å²) in [6, 6.07) is 9.01. The van der Waals surface area contributed by atoms with Gasteiger partial charge in [-0.3, -0.25) is 14.3 Å². The molecule has 10 nitrogen and oxygen atoms in total. The van der Waals surface area contributed by atoms with Crippen LogP contribution in [0.5, 0.6) is 0 Å². The molecule has 1 saturated heterocycles. The van der Waals surface area contributed by atoms with Crippen LogP contribution in [-0.2, 0) is 11.3 Å². The van der Waals surface area contributed by atoms with Gasteiger partial charge in [-0.2, -0.15) is 14.9 Å². The number of hydrogen-bond acceptors (Lipinski definition) is 7. The lowest BCUT2D eigenvalue weighted by molar-refractivity contribution is 0.102. The quantitative estimate of drug-likeness (QED) is 0.382. The molecule has 12 heteroatoms. The standard InChI is InChI=1S/C26H27F2N7O3/c1-15-13-33(14-19(15)29)24-16-12-30-34(10-11-38-2)22(16)8-6-20(24)31-26(37)21-7-9-23(36)35(32-21)25-17(27)4-3-5-18(25)28/h3-9,12,15,19H,10-11,13-14,29H2,1-2H3,(H,31,37)/t15-,19+/m1/s1. The van der Waals surface area contributed by atoms with Crippen molar-refractivity contribution in [3.05, 3.63) is 76.3 Å². The molecule has 3 heterocycles. The summed E-state index contributed by atoms with van der Waals surface area (Å²) in [4.78, 5) is 27.8. The highest BCUT2D eigenvalue weighted by molar-refractivity contribution is 6.08. The second kappa shape index (κ2) is 10.3. The average molecular weight is 524 g/mol. The van der Waals surface area contributed by atoms with E-state index in [1.165, 1.54) is 12.1 Å². The summed E-state index contributed by atoms with van der Waals surface area (Å²) in [5, 5.41) is 12.1. The number of nitrogens with zero attached hydrogens (tertiary/aromatic N) is 5. The predicted molar refractivity (Wildman–Crippen MR) is 139 cm³/mol. The first-order valence-electron chi connectivity index (χ1n) is 12.1. The Morgan fingerprint density at radius 1 is 1.13 bits per heavy atom. The highest BCUT2D eigenvalue weighted by Gasteiger charge is 2.30.